The van der Waals surface area contributed by atoms with Gasteiger partial charge < -0.3 is 9.80 Å². The molecule has 0 atom stereocenters. The first-order chi connectivity index (χ1) is 11.2. The van der Waals surface area contributed by atoms with Gasteiger partial charge in [-0.25, -0.2) is 9.97 Å². The highest BCUT2D eigenvalue weighted by atomic mass is 32.2. The zero-order valence-corrected chi connectivity index (χ0v) is 15.0. The van der Waals surface area contributed by atoms with Crippen molar-refractivity contribution in [2.45, 2.75) is 17.7 Å². The number of pyridine rings is 1. The summed E-state index contributed by atoms with van der Waals surface area (Å²) in [6, 6.07) is 5.93. The number of rotatable bonds is 4. The lowest BCUT2D eigenvalue weighted by molar-refractivity contribution is -0.130. The molecule has 1 fully saturated rings. The van der Waals surface area contributed by atoms with E-state index in [1.807, 2.05) is 42.5 Å². The zero-order chi connectivity index (χ0) is 16.2. The molecule has 0 unspecified atom stereocenters. The van der Waals surface area contributed by atoms with Crippen LogP contribution in [0.4, 0.5) is 5.82 Å². The van der Waals surface area contributed by atoms with E-state index in [2.05, 4.69) is 14.9 Å². The fourth-order valence-electron chi connectivity index (χ4n) is 2.63. The number of thioether (sulfide) groups is 1. The molecule has 122 valence electrons. The highest BCUT2D eigenvalue weighted by Crippen LogP contribution is 2.26. The Hall–Kier alpha value is -1.60. The molecule has 0 aromatic carbocycles. The maximum Gasteiger partial charge on any atom is 0.228 e. The number of carbonyl (C=O) groups excluding carboxylic acids is 1. The summed E-state index contributed by atoms with van der Waals surface area (Å²) in [6.07, 6.45) is 4.29. The van der Waals surface area contributed by atoms with Crippen LogP contribution < -0.4 is 4.90 Å². The van der Waals surface area contributed by atoms with E-state index in [-0.39, 0.29) is 5.91 Å². The standard InChI is InChI=1S/C16H20N4OS2/c1-12-13(23-16(18-12)22-2)11-15(21)20-9-7-19(8-10-20)14-5-3-4-6-17-14/h3-6H,7-11H2,1-2H3. The van der Waals surface area contributed by atoms with Gasteiger partial charge in [-0.05, 0) is 25.3 Å². The first-order valence-electron chi connectivity index (χ1n) is 7.61. The van der Waals surface area contributed by atoms with Gasteiger partial charge in [-0.2, -0.15) is 0 Å². The van der Waals surface area contributed by atoms with Crippen LogP contribution in [0, 0.1) is 6.92 Å². The SMILES string of the molecule is CSc1nc(C)c(CC(=O)N2CCN(c3ccccn3)CC2)s1. The van der Waals surface area contributed by atoms with Gasteiger partial charge in [0, 0.05) is 37.3 Å². The molecule has 0 bridgehead atoms. The molecule has 5 nitrogen and oxygen atoms in total. The average Bonchev–Trinajstić information content (AvgIpc) is 2.96. The fraction of sp³-hybridized carbons (Fsp3) is 0.438. The van der Waals surface area contributed by atoms with E-state index < -0.39 is 0 Å². The molecule has 2 aromatic rings. The summed E-state index contributed by atoms with van der Waals surface area (Å²) < 4.78 is 1.03. The maximum atomic E-state index is 12.5. The van der Waals surface area contributed by atoms with Gasteiger partial charge in [0.15, 0.2) is 0 Å². The number of amides is 1. The van der Waals surface area contributed by atoms with Crippen molar-refractivity contribution >= 4 is 34.8 Å². The molecule has 3 heterocycles. The summed E-state index contributed by atoms with van der Waals surface area (Å²) in [5.74, 6) is 1.19. The van der Waals surface area contributed by atoms with Crippen LogP contribution in [0.15, 0.2) is 28.7 Å². The number of aryl methyl sites for hydroxylation is 1. The Labute approximate surface area is 144 Å². The number of anilines is 1. The lowest BCUT2D eigenvalue weighted by atomic mass is 10.2. The first-order valence-corrected chi connectivity index (χ1v) is 9.65. The van der Waals surface area contributed by atoms with Crippen molar-refractivity contribution in [2.75, 3.05) is 37.3 Å². The number of thiazole rings is 1. The van der Waals surface area contributed by atoms with E-state index in [4.69, 9.17) is 0 Å². The highest BCUT2D eigenvalue weighted by molar-refractivity contribution is 8.00. The van der Waals surface area contributed by atoms with Crippen LogP contribution in [-0.4, -0.2) is 53.2 Å². The fourth-order valence-corrected chi connectivity index (χ4v) is 4.27. The van der Waals surface area contributed by atoms with Crippen molar-refractivity contribution < 1.29 is 4.79 Å². The molecular weight excluding hydrogens is 328 g/mol. The number of carbonyl (C=O) groups is 1. The van der Waals surface area contributed by atoms with Crippen LogP contribution in [0.5, 0.6) is 0 Å². The number of aromatic nitrogens is 2. The molecule has 0 N–H and O–H groups in total. The van der Waals surface area contributed by atoms with Crippen LogP contribution in [0.2, 0.25) is 0 Å². The molecule has 2 aromatic heterocycles. The van der Waals surface area contributed by atoms with E-state index in [0.29, 0.717) is 6.42 Å². The third-order valence-electron chi connectivity index (χ3n) is 3.97. The van der Waals surface area contributed by atoms with Gasteiger partial charge >= 0.3 is 0 Å². The second kappa shape index (κ2) is 7.31. The van der Waals surface area contributed by atoms with Gasteiger partial charge in [0.1, 0.15) is 10.2 Å². The lowest BCUT2D eigenvalue weighted by Gasteiger charge is -2.35. The molecule has 3 rings (SSSR count). The van der Waals surface area contributed by atoms with Crippen LogP contribution in [0.25, 0.3) is 0 Å². The molecule has 0 aliphatic carbocycles. The Kier molecular flexibility index (Phi) is 5.17. The predicted molar refractivity (Wildman–Crippen MR) is 95.4 cm³/mol. The van der Waals surface area contributed by atoms with Crippen LogP contribution in [0.1, 0.15) is 10.6 Å². The van der Waals surface area contributed by atoms with Gasteiger partial charge in [0.05, 0.1) is 12.1 Å². The number of piperazine rings is 1. The van der Waals surface area contributed by atoms with E-state index in [1.165, 1.54) is 0 Å². The topological polar surface area (TPSA) is 49.3 Å². The Morgan fingerprint density at radius 3 is 2.70 bits per heavy atom. The predicted octanol–water partition coefficient (Wildman–Crippen LogP) is 2.46. The van der Waals surface area contributed by atoms with E-state index >= 15 is 0 Å². The molecule has 0 saturated carbocycles. The number of hydrogen-bond acceptors (Lipinski definition) is 6. The number of nitrogens with zero attached hydrogens (tertiary/aromatic N) is 4. The van der Waals surface area contributed by atoms with Gasteiger partial charge in [-0.3, -0.25) is 4.79 Å². The average molecular weight is 348 g/mol. The Morgan fingerprint density at radius 2 is 2.09 bits per heavy atom. The van der Waals surface area contributed by atoms with Crippen molar-refractivity contribution in [2.24, 2.45) is 0 Å². The minimum absolute atomic E-state index is 0.199. The van der Waals surface area contributed by atoms with Crippen molar-refractivity contribution in [3.63, 3.8) is 0 Å². The minimum Gasteiger partial charge on any atom is -0.353 e. The van der Waals surface area contributed by atoms with Crippen LogP contribution >= 0.6 is 23.1 Å². The van der Waals surface area contributed by atoms with E-state index in [0.717, 1.165) is 46.9 Å². The largest absolute Gasteiger partial charge is 0.353 e. The van der Waals surface area contributed by atoms with E-state index in [9.17, 15) is 4.79 Å². The minimum atomic E-state index is 0.199. The molecule has 7 heteroatoms. The number of hydrogen-bond donors (Lipinski definition) is 0. The summed E-state index contributed by atoms with van der Waals surface area (Å²) in [7, 11) is 0. The van der Waals surface area contributed by atoms with Crippen LogP contribution in [-0.2, 0) is 11.2 Å². The second-order valence-electron chi connectivity index (χ2n) is 5.43. The molecule has 1 saturated heterocycles. The van der Waals surface area contributed by atoms with Crippen molar-refractivity contribution in [3.05, 3.63) is 35.0 Å². The Bertz CT molecular complexity index is 666. The normalized spacial score (nSPS) is 15.0. The molecule has 1 aliphatic heterocycles. The van der Waals surface area contributed by atoms with E-state index in [1.54, 1.807) is 23.1 Å². The summed E-state index contributed by atoms with van der Waals surface area (Å²) in [4.78, 5) is 26.6. The van der Waals surface area contributed by atoms with Gasteiger partial charge in [-0.15, -0.1) is 11.3 Å². The molecule has 23 heavy (non-hydrogen) atoms. The van der Waals surface area contributed by atoms with Gasteiger partial charge in [-0.1, -0.05) is 17.8 Å². The molecular formula is C16H20N4OS2. The molecule has 0 spiro atoms. The maximum absolute atomic E-state index is 12.5. The first kappa shape index (κ1) is 16.3. The van der Waals surface area contributed by atoms with Crippen molar-refractivity contribution in [1.29, 1.82) is 0 Å². The lowest BCUT2D eigenvalue weighted by Crippen LogP contribution is -2.49. The quantitative estimate of drug-likeness (QED) is 0.795. The summed E-state index contributed by atoms with van der Waals surface area (Å²) in [5, 5.41) is 0. The van der Waals surface area contributed by atoms with Gasteiger partial charge in [0.25, 0.3) is 0 Å². The second-order valence-corrected chi connectivity index (χ2v) is 7.56. The summed E-state index contributed by atoms with van der Waals surface area (Å²) in [6.45, 7) is 5.16. The highest BCUT2D eigenvalue weighted by Gasteiger charge is 2.23. The third-order valence-corrected chi connectivity index (χ3v) is 6.11. The van der Waals surface area contributed by atoms with Crippen molar-refractivity contribution in [1.82, 2.24) is 14.9 Å². The van der Waals surface area contributed by atoms with Crippen molar-refractivity contribution in [3.8, 4) is 0 Å². The summed E-state index contributed by atoms with van der Waals surface area (Å²) >= 11 is 3.27. The third kappa shape index (κ3) is 3.84. The van der Waals surface area contributed by atoms with Crippen LogP contribution in [0.3, 0.4) is 0 Å². The van der Waals surface area contributed by atoms with Gasteiger partial charge in [0.2, 0.25) is 5.91 Å². The smallest absolute Gasteiger partial charge is 0.228 e. The monoisotopic (exact) mass is 348 g/mol. The zero-order valence-electron chi connectivity index (χ0n) is 13.4. The Balaban J connectivity index is 1.57. The molecule has 1 aliphatic rings. The Morgan fingerprint density at radius 1 is 1.30 bits per heavy atom. The molecule has 0 radical (unpaired) electrons. The summed E-state index contributed by atoms with van der Waals surface area (Å²) in [5.41, 5.74) is 0.986. The molecule has 1 amide bonds.